The second-order valence-corrected chi connectivity index (χ2v) is 2.46. The molecule has 0 radical (unpaired) electrons. The molecule has 0 atom stereocenters. The second kappa shape index (κ2) is 3.72. The van der Waals surface area contributed by atoms with Crippen molar-refractivity contribution in [3.05, 3.63) is 34.9 Å². The minimum atomic E-state index is 0.512. The van der Waals surface area contributed by atoms with Crippen LogP contribution in [-0.4, -0.2) is 4.98 Å². The molecule has 1 heterocycles. The van der Waals surface area contributed by atoms with Crippen LogP contribution in [0.4, 0.5) is 5.82 Å². The summed E-state index contributed by atoms with van der Waals surface area (Å²) in [7, 11) is 0. The van der Waals surface area contributed by atoms with E-state index in [1.54, 1.807) is 6.07 Å². The van der Waals surface area contributed by atoms with Crippen LogP contribution in [0.1, 0.15) is 6.92 Å². The van der Waals surface area contributed by atoms with Crippen molar-refractivity contribution in [2.24, 2.45) is 0 Å². The zero-order chi connectivity index (χ0) is 8.97. The van der Waals surface area contributed by atoms with E-state index in [0.29, 0.717) is 11.2 Å². The van der Waals surface area contributed by atoms with E-state index in [-0.39, 0.29) is 0 Å². The van der Waals surface area contributed by atoms with Crippen LogP contribution in [0.2, 0.25) is 0 Å². The first kappa shape index (κ1) is 8.53. The van der Waals surface area contributed by atoms with Crippen molar-refractivity contribution >= 4 is 18.5 Å². The molecule has 0 aliphatic heterocycles. The summed E-state index contributed by atoms with van der Waals surface area (Å²) in [5, 5.41) is 1.72. The lowest BCUT2D eigenvalue weighted by Crippen LogP contribution is -2.26. The molecule has 0 aliphatic rings. The van der Waals surface area contributed by atoms with Gasteiger partial charge in [-0.05, 0) is 24.3 Å². The minimum Gasteiger partial charge on any atom is -0.384 e. The number of rotatable bonds is 1. The highest BCUT2D eigenvalue weighted by molar-refractivity contribution is 5.39. The molecule has 1 rings (SSSR count). The molecule has 0 fully saturated rings. The molecule has 0 bridgehead atoms. The Bertz CT molecular complexity index is 391. The fraction of sp³-hybridized carbons (Fsp3) is 0.100. The molecule has 62 valence electrons. The number of hydrogen-bond acceptors (Lipinski definition) is 2. The number of pyridine rings is 1. The minimum absolute atomic E-state index is 0.512. The predicted octanol–water partition coefficient (Wildman–Crippen LogP) is 0.431. The fourth-order valence-corrected chi connectivity index (χ4v) is 0.881. The molecule has 0 saturated carbocycles. The maximum Gasteiger partial charge on any atom is 0.124 e. The summed E-state index contributed by atoms with van der Waals surface area (Å²) in [5.74, 6) is 0.512. The second-order valence-electron chi connectivity index (χ2n) is 2.46. The molecule has 0 unspecified atom stereocenters. The number of hydrogen-bond donors (Lipinski definition) is 1. The van der Waals surface area contributed by atoms with Crippen molar-refractivity contribution in [3.63, 3.8) is 0 Å². The molecule has 0 aliphatic carbocycles. The summed E-state index contributed by atoms with van der Waals surface area (Å²) in [5.41, 5.74) is 5.47. The largest absolute Gasteiger partial charge is 0.384 e. The Morgan fingerprint density at radius 1 is 1.50 bits per heavy atom. The lowest BCUT2D eigenvalue weighted by molar-refractivity contribution is 1.24. The van der Waals surface area contributed by atoms with E-state index >= 15 is 0 Å². The number of aromatic nitrogens is 1. The number of anilines is 1. The quantitative estimate of drug-likeness (QED) is 0.647. The van der Waals surface area contributed by atoms with Gasteiger partial charge in [0.05, 0.1) is 5.35 Å². The first-order valence-electron chi connectivity index (χ1n) is 3.78. The normalized spacial score (nSPS) is 12.6. The Labute approximate surface area is 71.7 Å². The highest BCUT2D eigenvalue weighted by Crippen LogP contribution is 1.83. The average molecular weight is 160 g/mol. The zero-order valence-corrected chi connectivity index (χ0v) is 7.12. The fourth-order valence-electron chi connectivity index (χ4n) is 0.881. The van der Waals surface area contributed by atoms with Crippen molar-refractivity contribution in [1.82, 2.24) is 4.98 Å². The van der Waals surface area contributed by atoms with E-state index < -0.39 is 0 Å². The van der Waals surface area contributed by atoms with Crippen molar-refractivity contribution in [3.8, 4) is 0 Å². The third kappa shape index (κ3) is 1.95. The van der Waals surface area contributed by atoms with Gasteiger partial charge in [0.1, 0.15) is 5.82 Å². The maximum atomic E-state index is 5.47. The summed E-state index contributed by atoms with van der Waals surface area (Å²) in [6.45, 7) is 5.74. The Hall–Kier alpha value is -1.57. The van der Waals surface area contributed by atoms with Gasteiger partial charge in [0.25, 0.3) is 0 Å². The number of allylic oxidation sites excluding steroid dienone is 2. The first-order chi connectivity index (χ1) is 5.74. The van der Waals surface area contributed by atoms with Gasteiger partial charge in [-0.15, -0.1) is 0 Å². The van der Waals surface area contributed by atoms with E-state index in [2.05, 4.69) is 11.6 Å². The SMILES string of the molecule is C=c1nc(N)cc/c1=C/C=C\C. The molecule has 1 aromatic heterocycles. The van der Waals surface area contributed by atoms with Crippen LogP contribution in [0.5, 0.6) is 0 Å². The molecule has 0 saturated heterocycles. The van der Waals surface area contributed by atoms with Crippen molar-refractivity contribution < 1.29 is 0 Å². The Morgan fingerprint density at radius 2 is 2.25 bits per heavy atom. The molecule has 0 spiro atoms. The lowest BCUT2D eigenvalue weighted by Gasteiger charge is -1.90. The van der Waals surface area contributed by atoms with Gasteiger partial charge in [0, 0.05) is 0 Å². The van der Waals surface area contributed by atoms with Gasteiger partial charge in [0.2, 0.25) is 0 Å². The van der Waals surface area contributed by atoms with Crippen LogP contribution in [-0.2, 0) is 0 Å². The highest BCUT2D eigenvalue weighted by atomic mass is 14.8. The third-order valence-corrected chi connectivity index (χ3v) is 1.50. The molecule has 2 heteroatoms. The van der Waals surface area contributed by atoms with E-state index in [1.807, 2.05) is 31.2 Å². The molecular weight excluding hydrogens is 148 g/mol. The summed E-state index contributed by atoms with van der Waals surface area (Å²) >= 11 is 0. The third-order valence-electron chi connectivity index (χ3n) is 1.50. The van der Waals surface area contributed by atoms with Crippen molar-refractivity contribution in [2.45, 2.75) is 6.92 Å². The monoisotopic (exact) mass is 160 g/mol. The van der Waals surface area contributed by atoms with E-state index in [4.69, 9.17) is 5.73 Å². The van der Waals surface area contributed by atoms with E-state index in [9.17, 15) is 0 Å². The molecule has 12 heavy (non-hydrogen) atoms. The van der Waals surface area contributed by atoms with Crippen molar-refractivity contribution in [1.29, 1.82) is 0 Å². The van der Waals surface area contributed by atoms with Gasteiger partial charge < -0.3 is 5.73 Å². The molecule has 2 N–H and O–H groups in total. The Morgan fingerprint density at radius 3 is 2.83 bits per heavy atom. The number of nitrogen functional groups attached to an aromatic ring is 1. The van der Waals surface area contributed by atoms with Crippen LogP contribution in [0.25, 0.3) is 12.7 Å². The van der Waals surface area contributed by atoms with Gasteiger partial charge in [-0.25, -0.2) is 4.98 Å². The van der Waals surface area contributed by atoms with Crippen LogP contribution in [0.15, 0.2) is 24.3 Å². The van der Waals surface area contributed by atoms with Gasteiger partial charge in [-0.1, -0.05) is 24.8 Å². The summed E-state index contributed by atoms with van der Waals surface area (Å²) in [6.07, 6.45) is 5.85. The van der Waals surface area contributed by atoms with Crippen LogP contribution >= 0.6 is 0 Å². The standard InChI is InChI=1S/C10H12N2/c1-3-4-5-9-6-7-10(11)12-8(9)2/h3-7H,2H2,1H3,(H2,11,12)/b4-3-,9-5-. The average Bonchev–Trinajstić information content (AvgIpc) is 2.03. The molecule has 0 aromatic carbocycles. The van der Waals surface area contributed by atoms with Gasteiger partial charge in [-0.3, -0.25) is 0 Å². The topological polar surface area (TPSA) is 38.9 Å². The number of nitrogens with two attached hydrogens (primary N) is 1. The zero-order valence-electron chi connectivity index (χ0n) is 7.12. The molecular formula is C10H12N2. The summed E-state index contributed by atoms with van der Waals surface area (Å²) < 4.78 is 0. The molecule has 0 amide bonds. The van der Waals surface area contributed by atoms with Crippen LogP contribution in [0, 0.1) is 0 Å². The van der Waals surface area contributed by atoms with E-state index in [0.717, 1.165) is 5.22 Å². The van der Waals surface area contributed by atoms with Gasteiger partial charge >= 0.3 is 0 Å². The van der Waals surface area contributed by atoms with Gasteiger partial charge in [0.15, 0.2) is 0 Å². The predicted molar refractivity (Wildman–Crippen MR) is 52.7 cm³/mol. The highest BCUT2D eigenvalue weighted by Gasteiger charge is 1.84. The Balaban J connectivity index is 3.28. The maximum absolute atomic E-state index is 5.47. The number of nitrogens with zero attached hydrogens (tertiary/aromatic N) is 1. The van der Waals surface area contributed by atoms with E-state index in [1.165, 1.54) is 0 Å². The van der Waals surface area contributed by atoms with Crippen LogP contribution < -0.4 is 16.3 Å². The summed E-state index contributed by atoms with van der Waals surface area (Å²) in [6, 6.07) is 3.68. The van der Waals surface area contributed by atoms with Crippen molar-refractivity contribution in [2.75, 3.05) is 5.73 Å². The molecule has 1 aromatic rings. The van der Waals surface area contributed by atoms with Crippen LogP contribution in [0.3, 0.4) is 0 Å². The summed E-state index contributed by atoms with van der Waals surface area (Å²) in [4.78, 5) is 4.03. The lowest BCUT2D eigenvalue weighted by atomic mass is 10.3. The van der Waals surface area contributed by atoms with Gasteiger partial charge in [-0.2, -0.15) is 0 Å². The first-order valence-corrected chi connectivity index (χ1v) is 3.78. The smallest absolute Gasteiger partial charge is 0.124 e. The Kier molecular flexibility index (Phi) is 2.64. The molecule has 2 nitrogen and oxygen atoms in total.